The maximum Gasteiger partial charge on any atom is 0.450 e. The number of carbonyl (C=O) groups is 2. The molecule has 10 nitrogen and oxygen atoms in total. The number of nitriles is 2. The van der Waals surface area contributed by atoms with Gasteiger partial charge in [0, 0.05) is 0 Å². The molecule has 2 N–H and O–H groups in total. The third-order valence-corrected chi connectivity index (χ3v) is 1.47. The molecule has 0 saturated carbocycles. The van der Waals surface area contributed by atoms with Crippen LogP contribution in [0.3, 0.4) is 0 Å². The first-order valence-electron chi connectivity index (χ1n) is 5.33. The Bertz CT molecular complexity index is 408. The van der Waals surface area contributed by atoms with Crippen LogP contribution in [-0.2, 0) is 0 Å². The van der Waals surface area contributed by atoms with Crippen molar-refractivity contribution in [3.63, 3.8) is 0 Å². The molecule has 10 heteroatoms. The number of carboxylic acid groups (broad SMARTS) is 2. The summed E-state index contributed by atoms with van der Waals surface area (Å²) in [7, 11) is 0. The second-order valence-electron chi connectivity index (χ2n) is 3.47. The van der Waals surface area contributed by atoms with Gasteiger partial charge in [-0.25, -0.2) is 9.59 Å². The summed E-state index contributed by atoms with van der Waals surface area (Å²) in [6.45, 7) is 4.42. The van der Waals surface area contributed by atoms with Crippen LogP contribution in [0.2, 0.25) is 0 Å². The lowest BCUT2D eigenvalue weighted by molar-refractivity contribution is 0.194. The van der Waals surface area contributed by atoms with Crippen LogP contribution in [0.15, 0.2) is 20.5 Å². The Labute approximate surface area is 115 Å². The van der Waals surface area contributed by atoms with Gasteiger partial charge in [0.15, 0.2) is 0 Å². The van der Waals surface area contributed by atoms with Crippen LogP contribution in [0.5, 0.6) is 0 Å². The molecular formula is C10H14N6O4. The first-order valence-corrected chi connectivity index (χ1v) is 5.33. The molecule has 0 bridgehead atoms. The van der Waals surface area contributed by atoms with Crippen LogP contribution in [0.4, 0.5) is 9.59 Å². The Kier molecular flexibility index (Phi) is 12.2. The second-order valence-corrected chi connectivity index (χ2v) is 3.47. The zero-order chi connectivity index (χ0) is 16.0. The first-order chi connectivity index (χ1) is 9.33. The molecule has 0 aliphatic heterocycles. The molecule has 0 aromatic rings. The van der Waals surface area contributed by atoms with Gasteiger partial charge in [-0.1, -0.05) is 10.2 Å². The Morgan fingerprint density at radius 1 is 0.950 bits per heavy atom. The van der Waals surface area contributed by atoms with E-state index in [1.54, 1.807) is 13.8 Å². The molecule has 0 radical (unpaired) electrons. The topological polar surface area (TPSA) is 172 Å². The lowest BCUT2D eigenvalue weighted by atomic mass is 10.2. The van der Waals surface area contributed by atoms with E-state index >= 15 is 0 Å². The maximum atomic E-state index is 9.38. The predicted octanol–water partition coefficient (Wildman–Crippen LogP) is 2.55. The van der Waals surface area contributed by atoms with Crippen molar-refractivity contribution in [1.29, 1.82) is 10.5 Å². The number of azo groups is 2. The molecule has 108 valence electrons. The number of hydrogen-bond acceptors (Lipinski definition) is 6. The van der Waals surface area contributed by atoms with E-state index < -0.39 is 12.2 Å². The third-order valence-electron chi connectivity index (χ3n) is 1.47. The van der Waals surface area contributed by atoms with Crippen LogP contribution in [-0.4, -0.2) is 35.5 Å². The second kappa shape index (κ2) is 12.6. The molecule has 0 aliphatic carbocycles. The van der Waals surface area contributed by atoms with Gasteiger partial charge >= 0.3 is 12.2 Å². The predicted molar refractivity (Wildman–Crippen MR) is 65.0 cm³/mol. The summed E-state index contributed by atoms with van der Waals surface area (Å²) >= 11 is 0. The minimum atomic E-state index is -1.62. The van der Waals surface area contributed by atoms with Gasteiger partial charge in [0.25, 0.3) is 0 Å². The summed E-state index contributed by atoms with van der Waals surface area (Å²) in [5, 5.41) is 44.1. The van der Waals surface area contributed by atoms with E-state index in [0.717, 1.165) is 0 Å². The molecule has 0 heterocycles. The molecule has 0 spiro atoms. The fourth-order valence-electron chi connectivity index (χ4n) is 0.528. The van der Waals surface area contributed by atoms with Gasteiger partial charge < -0.3 is 10.2 Å². The highest BCUT2D eigenvalue weighted by Crippen LogP contribution is 1.96. The molecule has 0 aromatic carbocycles. The van der Waals surface area contributed by atoms with E-state index in [1.807, 2.05) is 12.1 Å². The highest BCUT2D eigenvalue weighted by atomic mass is 16.4. The van der Waals surface area contributed by atoms with Gasteiger partial charge in [-0.05, 0) is 13.8 Å². The minimum Gasteiger partial charge on any atom is -0.462 e. The molecule has 2 atom stereocenters. The lowest BCUT2D eigenvalue weighted by Crippen LogP contribution is -1.96. The highest BCUT2D eigenvalue weighted by Gasteiger charge is 1.97. The molecule has 0 aliphatic rings. The van der Waals surface area contributed by atoms with Gasteiger partial charge in [0.05, 0.1) is 37.1 Å². The van der Waals surface area contributed by atoms with Crippen molar-refractivity contribution in [2.24, 2.45) is 32.3 Å². The van der Waals surface area contributed by atoms with E-state index in [2.05, 4.69) is 20.5 Å². The fraction of sp³-hybridized carbons (Fsp3) is 0.600. The smallest absolute Gasteiger partial charge is 0.450 e. The third kappa shape index (κ3) is 17.5. The molecule has 0 fully saturated rings. The maximum absolute atomic E-state index is 9.38. The summed E-state index contributed by atoms with van der Waals surface area (Å²) in [4.78, 5) is 18.8. The molecule has 0 rings (SSSR count). The van der Waals surface area contributed by atoms with Crippen molar-refractivity contribution in [3.05, 3.63) is 0 Å². The zero-order valence-corrected chi connectivity index (χ0v) is 11.0. The SMILES string of the molecule is CC(C#N)CN=NCC(C)C#N.O=C(O)N=NC(=O)O. The van der Waals surface area contributed by atoms with Crippen LogP contribution < -0.4 is 0 Å². The highest BCUT2D eigenvalue weighted by molar-refractivity contribution is 5.70. The van der Waals surface area contributed by atoms with Crippen molar-refractivity contribution in [1.82, 2.24) is 0 Å². The van der Waals surface area contributed by atoms with Gasteiger partial charge in [-0.15, -0.1) is 0 Å². The number of amides is 2. The largest absolute Gasteiger partial charge is 0.462 e. The molecular weight excluding hydrogens is 268 g/mol. The number of rotatable bonds is 4. The Morgan fingerprint density at radius 2 is 1.25 bits per heavy atom. The van der Waals surface area contributed by atoms with E-state index in [-0.39, 0.29) is 11.8 Å². The van der Waals surface area contributed by atoms with Crippen LogP contribution >= 0.6 is 0 Å². The summed E-state index contributed by atoms with van der Waals surface area (Å²) in [6, 6.07) is 4.10. The van der Waals surface area contributed by atoms with Gasteiger partial charge in [0.2, 0.25) is 0 Å². The standard InChI is InChI=1S/C8H12N4.C2H2N2O4/c1-7(3-9)5-11-12-6-8(2)4-10;5-1(6)3-4-2(7)8/h7-8H,5-6H2,1-2H3;(H,5,6)(H,7,8). The van der Waals surface area contributed by atoms with Crippen molar-refractivity contribution >= 4 is 12.2 Å². The Hall–Kier alpha value is -2.88. The van der Waals surface area contributed by atoms with E-state index in [9.17, 15) is 9.59 Å². The summed E-state index contributed by atoms with van der Waals surface area (Å²) in [5.41, 5.74) is 0. The number of hydrogen-bond donors (Lipinski definition) is 2. The van der Waals surface area contributed by atoms with Crippen molar-refractivity contribution in [3.8, 4) is 12.1 Å². The summed E-state index contributed by atoms with van der Waals surface area (Å²) < 4.78 is 0. The van der Waals surface area contributed by atoms with Crippen LogP contribution in [0.25, 0.3) is 0 Å². The van der Waals surface area contributed by atoms with Gasteiger partial charge in [0.1, 0.15) is 0 Å². The molecule has 2 unspecified atom stereocenters. The first kappa shape index (κ1) is 19.5. The quantitative estimate of drug-likeness (QED) is 0.749. The van der Waals surface area contributed by atoms with Crippen molar-refractivity contribution < 1.29 is 19.8 Å². The van der Waals surface area contributed by atoms with Gasteiger partial charge in [-0.2, -0.15) is 20.8 Å². The fourth-order valence-corrected chi connectivity index (χ4v) is 0.528. The average Bonchev–Trinajstić information content (AvgIpc) is 2.41. The Morgan fingerprint density at radius 3 is 1.45 bits per heavy atom. The van der Waals surface area contributed by atoms with Crippen LogP contribution in [0.1, 0.15) is 13.8 Å². The minimum absolute atomic E-state index is 0.0915. The van der Waals surface area contributed by atoms with Crippen molar-refractivity contribution in [2.75, 3.05) is 13.1 Å². The Balaban J connectivity index is 0. The molecule has 2 amide bonds. The normalized spacial score (nSPS) is 12.8. The van der Waals surface area contributed by atoms with E-state index in [0.29, 0.717) is 13.1 Å². The van der Waals surface area contributed by atoms with Gasteiger partial charge in [-0.3, -0.25) is 0 Å². The van der Waals surface area contributed by atoms with Crippen molar-refractivity contribution in [2.45, 2.75) is 13.8 Å². The average molecular weight is 282 g/mol. The molecule has 20 heavy (non-hydrogen) atoms. The van der Waals surface area contributed by atoms with E-state index in [1.165, 1.54) is 0 Å². The summed E-state index contributed by atoms with van der Waals surface area (Å²) in [5.74, 6) is -0.183. The zero-order valence-electron chi connectivity index (χ0n) is 11.0. The monoisotopic (exact) mass is 282 g/mol. The molecule has 0 aromatic heterocycles. The molecule has 0 saturated heterocycles. The lowest BCUT2D eigenvalue weighted by Gasteiger charge is -1.95. The summed E-state index contributed by atoms with van der Waals surface area (Å²) in [6.07, 6.45) is -3.24. The van der Waals surface area contributed by atoms with Crippen LogP contribution in [0, 0.1) is 34.5 Å². The number of nitrogens with zero attached hydrogens (tertiary/aromatic N) is 6. The van der Waals surface area contributed by atoms with E-state index in [4.69, 9.17) is 20.7 Å².